The van der Waals surface area contributed by atoms with E-state index in [0.29, 0.717) is 24.1 Å². The maximum Gasteiger partial charge on any atom is 0.332 e. The minimum atomic E-state index is -0.297. The number of nitrogens with zero attached hydrogens (tertiary/aromatic N) is 4. The Morgan fingerprint density at radius 2 is 1.29 bits per heavy atom. The third kappa shape index (κ3) is 11.2. The van der Waals surface area contributed by atoms with E-state index in [1.165, 1.54) is 73.3 Å². The average molecular weight is 532 g/mol. The number of rotatable bonds is 22. The molecule has 0 unspecified atom stereocenters. The second-order valence-corrected chi connectivity index (χ2v) is 10.9. The lowest BCUT2D eigenvalue weighted by Crippen LogP contribution is -2.39. The zero-order chi connectivity index (χ0) is 27.6. The Morgan fingerprint density at radius 3 is 1.89 bits per heavy atom. The number of fused-ring (bicyclic) bond motifs is 1. The molecular weight excluding hydrogens is 478 g/mol. The highest BCUT2D eigenvalue weighted by molar-refractivity contribution is 5.75. The van der Waals surface area contributed by atoms with E-state index >= 15 is 0 Å². The van der Waals surface area contributed by atoms with Crippen molar-refractivity contribution in [1.29, 1.82) is 0 Å². The smallest absolute Gasteiger partial charge is 0.332 e. The van der Waals surface area contributed by atoms with Crippen molar-refractivity contribution in [2.75, 3.05) is 6.54 Å². The molecule has 0 bridgehead atoms. The van der Waals surface area contributed by atoms with E-state index in [-0.39, 0.29) is 17.2 Å². The van der Waals surface area contributed by atoms with Gasteiger partial charge in [0.1, 0.15) is 0 Å². The molecule has 0 aliphatic heterocycles. The van der Waals surface area contributed by atoms with Crippen LogP contribution in [0.5, 0.6) is 0 Å². The number of carbonyl (C=O) groups is 1. The van der Waals surface area contributed by atoms with Gasteiger partial charge in [-0.2, -0.15) is 0 Å². The van der Waals surface area contributed by atoms with E-state index in [4.69, 9.17) is 0 Å². The van der Waals surface area contributed by atoms with E-state index in [9.17, 15) is 14.4 Å². The first-order chi connectivity index (χ1) is 18.5. The molecule has 2 aromatic heterocycles. The molecule has 0 aromatic carbocycles. The van der Waals surface area contributed by atoms with Crippen molar-refractivity contribution in [2.45, 2.75) is 135 Å². The summed E-state index contributed by atoms with van der Waals surface area (Å²) in [5.74, 6) is 0.201. The molecule has 0 fully saturated rings. The summed E-state index contributed by atoms with van der Waals surface area (Å²) in [7, 11) is 3.44. The summed E-state index contributed by atoms with van der Waals surface area (Å²) >= 11 is 0. The second-order valence-electron chi connectivity index (χ2n) is 10.9. The van der Waals surface area contributed by atoms with Crippen LogP contribution in [0.2, 0.25) is 0 Å². The highest BCUT2D eigenvalue weighted by atomic mass is 16.2. The minimum absolute atomic E-state index is 0.201. The quantitative estimate of drug-likeness (QED) is 0.189. The molecule has 0 aliphatic carbocycles. The second kappa shape index (κ2) is 18.8. The molecule has 2 rings (SSSR count). The van der Waals surface area contributed by atoms with Crippen LogP contribution in [0.15, 0.2) is 15.9 Å². The van der Waals surface area contributed by atoms with Crippen LogP contribution in [0, 0.1) is 0 Å². The lowest BCUT2D eigenvalue weighted by Gasteiger charge is -2.08. The summed E-state index contributed by atoms with van der Waals surface area (Å²) in [5.41, 5.74) is 0.356. The molecule has 0 radical (unpaired) electrons. The first kappa shape index (κ1) is 31.8. The third-order valence-corrected chi connectivity index (χ3v) is 7.59. The van der Waals surface area contributed by atoms with E-state index < -0.39 is 0 Å². The van der Waals surface area contributed by atoms with Gasteiger partial charge in [0.15, 0.2) is 11.2 Å². The number of carbonyl (C=O) groups excluding carboxylic acids is 1. The van der Waals surface area contributed by atoms with Gasteiger partial charge in [-0.3, -0.25) is 18.7 Å². The largest absolute Gasteiger partial charge is 0.356 e. The summed E-state index contributed by atoms with van der Waals surface area (Å²) in [6.45, 7) is 3.53. The van der Waals surface area contributed by atoms with Gasteiger partial charge in [0.25, 0.3) is 5.56 Å². The van der Waals surface area contributed by atoms with Crippen molar-refractivity contribution in [2.24, 2.45) is 14.1 Å². The Hall–Kier alpha value is -2.38. The van der Waals surface area contributed by atoms with Crippen molar-refractivity contribution in [3.8, 4) is 0 Å². The van der Waals surface area contributed by atoms with E-state index in [1.54, 1.807) is 25.0 Å². The van der Waals surface area contributed by atoms with Crippen LogP contribution in [-0.4, -0.2) is 31.1 Å². The molecule has 0 atom stereocenters. The summed E-state index contributed by atoms with van der Waals surface area (Å²) in [5, 5.41) is 3.08. The molecule has 0 aliphatic rings. The van der Waals surface area contributed by atoms with Crippen LogP contribution in [0.1, 0.15) is 129 Å². The van der Waals surface area contributed by atoms with Gasteiger partial charge in [-0.25, -0.2) is 9.78 Å². The number of amides is 1. The molecule has 0 saturated carbocycles. The molecule has 0 saturated heterocycles. The van der Waals surface area contributed by atoms with E-state index in [0.717, 1.165) is 57.9 Å². The topological polar surface area (TPSA) is 90.9 Å². The summed E-state index contributed by atoms with van der Waals surface area (Å²) in [4.78, 5) is 41.4. The fourth-order valence-electron chi connectivity index (χ4n) is 5.14. The van der Waals surface area contributed by atoms with Gasteiger partial charge in [-0.15, -0.1) is 0 Å². The summed E-state index contributed by atoms with van der Waals surface area (Å²) < 4.78 is 4.47. The van der Waals surface area contributed by atoms with Gasteiger partial charge in [0.05, 0.1) is 6.33 Å². The van der Waals surface area contributed by atoms with Crippen molar-refractivity contribution < 1.29 is 4.79 Å². The molecule has 8 heteroatoms. The minimum Gasteiger partial charge on any atom is -0.356 e. The lowest BCUT2D eigenvalue weighted by molar-refractivity contribution is -0.121. The van der Waals surface area contributed by atoms with E-state index in [1.807, 2.05) is 0 Å². The van der Waals surface area contributed by atoms with Crippen molar-refractivity contribution in [3.05, 3.63) is 27.2 Å². The van der Waals surface area contributed by atoms with Crippen LogP contribution in [0.4, 0.5) is 0 Å². The zero-order valence-corrected chi connectivity index (χ0v) is 24.4. The molecule has 216 valence electrons. The highest BCUT2D eigenvalue weighted by Gasteiger charge is 2.14. The first-order valence-electron chi connectivity index (χ1n) is 15.3. The Morgan fingerprint density at radius 1 is 0.763 bits per heavy atom. The fraction of sp³-hybridized carbons (Fsp3) is 0.800. The van der Waals surface area contributed by atoms with E-state index in [2.05, 4.69) is 17.2 Å². The standard InChI is InChI=1S/C30H53N5O3/c1-4-5-6-7-8-9-11-14-17-20-23-31-26(36)22-19-16-13-10-12-15-18-21-24-35-29(37)27-28(32-25-33(27)2)34(3)30(35)38/h25H,4-24H2,1-3H3,(H,31,36). The maximum absolute atomic E-state index is 12.7. The van der Waals surface area contributed by atoms with Crippen molar-refractivity contribution in [1.82, 2.24) is 24.0 Å². The van der Waals surface area contributed by atoms with Crippen molar-refractivity contribution in [3.63, 3.8) is 0 Å². The molecule has 0 spiro atoms. The van der Waals surface area contributed by atoms with Crippen LogP contribution >= 0.6 is 0 Å². The molecule has 38 heavy (non-hydrogen) atoms. The Bertz CT molecular complexity index is 1050. The van der Waals surface area contributed by atoms with Gasteiger partial charge in [0, 0.05) is 33.6 Å². The molecular formula is C30H53N5O3. The van der Waals surface area contributed by atoms with Crippen LogP contribution in [-0.2, 0) is 25.4 Å². The Kier molecular flexibility index (Phi) is 15.8. The SMILES string of the molecule is CCCCCCCCCCCCNC(=O)CCCCCCCCCCn1c(=O)c2c(ncn2C)n(C)c1=O. The Labute approximate surface area is 229 Å². The number of aromatic nitrogens is 4. The van der Waals surface area contributed by atoms with Gasteiger partial charge < -0.3 is 9.88 Å². The first-order valence-corrected chi connectivity index (χ1v) is 15.3. The van der Waals surface area contributed by atoms with Gasteiger partial charge in [-0.05, 0) is 19.3 Å². The monoisotopic (exact) mass is 531 g/mol. The number of hydrogen-bond acceptors (Lipinski definition) is 4. The van der Waals surface area contributed by atoms with Crippen LogP contribution in [0.3, 0.4) is 0 Å². The van der Waals surface area contributed by atoms with Crippen LogP contribution in [0.25, 0.3) is 11.2 Å². The lowest BCUT2D eigenvalue weighted by atomic mass is 10.1. The summed E-state index contributed by atoms with van der Waals surface area (Å²) in [6.07, 6.45) is 23.8. The van der Waals surface area contributed by atoms with Gasteiger partial charge in [0.2, 0.25) is 5.91 Å². The zero-order valence-electron chi connectivity index (χ0n) is 24.4. The average Bonchev–Trinajstić information content (AvgIpc) is 3.30. The van der Waals surface area contributed by atoms with Gasteiger partial charge in [-0.1, -0.05) is 103 Å². The molecule has 2 heterocycles. The number of unbranched alkanes of at least 4 members (excludes halogenated alkanes) is 16. The molecule has 1 N–H and O–H groups in total. The molecule has 8 nitrogen and oxygen atoms in total. The highest BCUT2D eigenvalue weighted by Crippen LogP contribution is 2.12. The predicted octanol–water partition coefficient (Wildman–Crippen LogP) is 5.98. The normalized spacial score (nSPS) is 11.4. The van der Waals surface area contributed by atoms with Crippen molar-refractivity contribution >= 4 is 17.1 Å². The number of aryl methyl sites for hydroxylation is 2. The maximum atomic E-state index is 12.7. The molecule has 2 aromatic rings. The third-order valence-electron chi connectivity index (χ3n) is 7.59. The predicted molar refractivity (Wildman–Crippen MR) is 157 cm³/mol. The van der Waals surface area contributed by atoms with Gasteiger partial charge >= 0.3 is 5.69 Å². The fourth-order valence-corrected chi connectivity index (χ4v) is 5.14. The summed E-state index contributed by atoms with van der Waals surface area (Å²) in [6, 6.07) is 0. The van der Waals surface area contributed by atoms with Crippen LogP contribution < -0.4 is 16.6 Å². The molecule has 1 amide bonds. The Balaban J connectivity index is 1.41. The number of hydrogen-bond donors (Lipinski definition) is 1. The number of imidazole rings is 1. The number of nitrogens with one attached hydrogen (secondary N) is 1.